The van der Waals surface area contributed by atoms with Gasteiger partial charge in [-0.1, -0.05) is 6.92 Å². The minimum absolute atomic E-state index is 0.242. The molecule has 0 aromatic heterocycles. The molecule has 0 spiro atoms. The van der Waals surface area contributed by atoms with Crippen LogP contribution in [0.4, 0.5) is 4.79 Å². The largest absolute Gasteiger partial charge is 0.480 e. The van der Waals surface area contributed by atoms with E-state index in [1.165, 1.54) is 11.9 Å². The van der Waals surface area contributed by atoms with Crippen LogP contribution in [-0.4, -0.2) is 41.1 Å². The summed E-state index contributed by atoms with van der Waals surface area (Å²) < 4.78 is 0. The van der Waals surface area contributed by atoms with Crippen molar-refractivity contribution >= 4 is 12.0 Å². The Morgan fingerprint density at radius 3 is 2.47 bits per heavy atom. The van der Waals surface area contributed by atoms with Crippen molar-refractivity contribution in [2.45, 2.75) is 44.7 Å². The van der Waals surface area contributed by atoms with Crippen molar-refractivity contribution in [3.8, 4) is 0 Å². The highest BCUT2D eigenvalue weighted by molar-refractivity contribution is 5.82. The Labute approximate surface area is 89.4 Å². The first-order valence-electron chi connectivity index (χ1n) is 5.32. The molecule has 0 bridgehead atoms. The fourth-order valence-electron chi connectivity index (χ4n) is 1.58. The van der Waals surface area contributed by atoms with Crippen LogP contribution >= 0.6 is 0 Å². The summed E-state index contributed by atoms with van der Waals surface area (Å²) >= 11 is 0. The van der Waals surface area contributed by atoms with Gasteiger partial charge in [-0.05, 0) is 25.7 Å². The van der Waals surface area contributed by atoms with E-state index in [1.807, 2.05) is 0 Å². The topological polar surface area (TPSA) is 69.6 Å². The van der Waals surface area contributed by atoms with E-state index in [0.717, 1.165) is 19.3 Å². The third-order valence-electron chi connectivity index (χ3n) is 2.89. The van der Waals surface area contributed by atoms with Gasteiger partial charge in [-0.25, -0.2) is 9.59 Å². The second-order valence-corrected chi connectivity index (χ2v) is 3.95. The number of likely N-dealkylation sites (N-methyl/N-ethyl adjacent to an activating group) is 1. The summed E-state index contributed by atoms with van der Waals surface area (Å²) in [4.78, 5) is 23.7. The van der Waals surface area contributed by atoms with Crippen molar-refractivity contribution in [2.75, 3.05) is 7.05 Å². The molecular weight excluding hydrogens is 196 g/mol. The van der Waals surface area contributed by atoms with Crippen LogP contribution in [0.1, 0.15) is 32.6 Å². The molecular formula is C10H18N2O3. The third-order valence-corrected chi connectivity index (χ3v) is 2.89. The highest BCUT2D eigenvalue weighted by Crippen LogP contribution is 2.18. The zero-order chi connectivity index (χ0) is 11.4. The molecule has 0 aromatic carbocycles. The molecule has 1 aliphatic carbocycles. The molecule has 1 saturated carbocycles. The molecule has 1 rings (SSSR count). The molecule has 0 heterocycles. The van der Waals surface area contributed by atoms with Gasteiger partial charge in [0.25, 0.3) is 0 Å². The van der Waals surface area contributed by atoms with Crippen LogP contribution in [0.2, 0.25) is 0 Å². The maximum Gasteiger partial charge on any atom is 0.326 e. The lowest BCUT2D eigenvalue weighted by atomic mass is 9.93. The third kappa shape index (κ3) is 2.84. The van der Waals surface area contributed by atoms with E-state index in [2.05, 4.69) is 5.32 Å². The summed E-state index contributed by atoms with van der Waals surface area (Å²) in [7, 11) is 1.52. The number of carbonyl (C=O) groups is 2. The molecule has 1 aliphatic rings. The first-order chi connectivity index (χ1) is 7.06. The molecule has 0 aromatic rings. The fraction of sp³-hybridized carbons (Fsp3) is 0.800. The fourth-order valence-corrected chi connectivity index (χ4v) is 1.58. The summed E-state index contributed by atoms with van der Waals surface area (Å²) in [5.41, 5.74) is 0. The van der Waals surface area contributed by atoms with Crippen LogP contribution in [-0.2, 0) is 4.79 Å². The lowest BCUT2D eigenvalue weighted by Crippen LogP contribution is -2.51. The number of aliphatic carboxylic acids is 1. The van der Waals surface area contributed by atoms with Crippen LogP contribution in [0.15, 0.2) is 0 Å². The van der Waals surface area contributed by atoms with Crippen LogP contribution < -0.4 is 5.32 Å². The lowest BCUT2D eigenvalue weighted by molar-refractivity contribution is -0.141. The van der Waals surface area contributed by atoms with Gasteiger partial charge in [-0.15, -0.1) is 0 Å². The lowest BCUT2D eigenvalue weighted by Gasteiger charge is -2.31. The van der Waals surface area contributed by atoms with E-state index >= 15 is 0 Å². The number of hydrogen-bond donors (Lipinski definition) is 2. The number of amides is 2. The Kier molecular flexibility index (Phi) is 3.94. The van der Waals surface area contributed by atoms with Crippen LogP contribution in [0.25, 0.3) is 0 Å². The first kappa shape index (κ1) is 11.8. The molecule has 5 nitrogen and oxygen atoms in total. The quantitative estimate of drug-likeness (QED) is 0.734. The van der Waals surface area contributed by atoms with Gasteiger partial charge in [0.05, 0.1) is 0 Å². The maximum atomic E-state index is 11.6. The molecule has 5 heteroatoms. The zero-order valence-electron chi connectivity index (χ0n) is 9.19. The monoisotopic (exact) mass is 214 g/mol. The normalized spacial score (nSPS) is 17.7. The van der Waals surface area contributed by atoms with Gasteiger partial charge in [0.15, 0.2) is 0 Å². The predicted molar refractivity (Wildman–Crippen MR) is 55.6 cm³/mol. The van der Waals surface area contributed by atoms with Crippen molar-refractivity contribution in [3.05, 3.63) is 0 Å². The van der Waals surface area contributed by atoms with Crippen molar-refractivity contribution in [3.63, 3.8) is 0 Å². The zero-order valence-corrected chi connectivity index (χ0v) is 9.19. The first-order valence-corrected chi connectivity index (χ1v) is 5.32. The number of rotatable bonds is 4. The van der Waals surface area contributed by atoms with Crippen LogP contribution in [0.5, 0.6) is 0 Å². The number of carboxylic acid groups (broad SMARTS) is 1. The van der Waals surface area contributed by atoms with Crippen molar-refractivity contribution in [2.24, 2.45) is 0 Å². The highest BCUT2D eigenvalue weighted by Gasteiger charge is 2.27. The Hall–Kier alpha value is -1.26. The molecule has 0 radical (unpaired) electrons. The smallest absolute Gasteiger partial charge is 0.326 e. The maximum absolute atomic E-state index is 11.6. The molecule has 0 saturated heterocycles. The minimum atomic E-state index is -0.955. The molecule has 0 aliphatic heterocycles. The van der Waals surface area contributed by atoms with E-state index < -0.39 is 12.0 Å². The number of nitrogens with zero attached hydrogens (tertiary/aromatic N) is 1. The van der Waals surface area contributed by atoms with E-state index in [4.69, 9.17) is 5.11 Å². The van der Waals surface area contributed by atoms with Crippen molar-refractivity contribution in [1.82, 2.24) is 10.2 Å². The van der Waals surface area contributed by atoms with E-state index in [0.29, 0.717) is 6.42 Å². The summed E-state index contributed by atoms with van der Waals surface area (Å²) in [5, 5.41) is 11.7. The molecule has 1 fully saturated rings. The van der Waals surface area contributed by atoms with Gasteiger partial charge in [0, 0.05) is 13.1 Å². The summed E-state index contributed by atoms with van der Waals surface area (Å²) in [5.74, 6) is -0.955. The molecule has 1 atom stereocenters. The number of carbonyl (C=O) groups excluding carboxylic acids is 1. The van der Waals surface area contributed by atoms with Crippen LogP contribution in [0, 0.1) is 0 Å². The Bertz CT molecular complexity index is 251. The van der Waals surface area contributed by atoms with Crippen LogP contribution in [0.3, 0.4) is 0 Å². The number of urea groups is 1. The highest BCUT2D eigenvalue weighted by atomic mass is 16.4. The van der Waals surface area contributed by atoms with Gasteiger partial charge >= 0.3 is 12.0 Å². The van der Waals surface area contributed by atoms with Gasteiger partial charge < -0.3 is 15.3 Å². The van der Waals surface area contributed by atoms with Gasteiger partial charge in [0.1, 0.15) is 6.04 Å². The van der Waals surface area contributed by atoms with Gasteiger partial charge in [-0.3, -0.25) is 0 Å². The van der Waals surface area contributed by atoms with Gasteiger partial charge in [0.2, 0.25) is 0 Å². The number of nitrogens with one attached hydrogen (secondary N) is 1. The minimum Gasteiger partial charge on any atom is -0.480 e. The second-order valence-electron chi connectivity index (χ2n) is 3.95. The van der Waals surface area contributed by atoms with Crippen molar-refractivity contribution in [1.29, 1.82) is 0 Å². The molecule has 2 N–H and O–H groups in total. The molecule has 15 heavy (non-hydrogen) atoms. The van der Waals surface area contributed by atoms with E-state index in [1.54, 1.807) is 6.92 Å². The van der Waals surface area contributed by atoms with Crippen molar-refractivity contribution < 1.29 is 14.7 Å². The second kappa shape index (κ2) is 5.00. The van der Waals surface area contributed by atoms with E-state index in [-0.39, 0.29) is 12.1 Å². The van der Waals surface area contributed by atoms with Gasteiger partial charge in [-0.2, -0.15) is 0 Å². The standard InChI is InChI=1S/C10H18N2O3/c1-3-8(9(13)14)12(2)10(15)11-7-5-4-6-7/h7-8H,3-6H2,1-2H3,(H,11,15)(H,13,14). The molecule has 1 unspecified atom stereocenters. The average Bonchev–Trinajstić information content (AvgIpc) is 2.11. The number of hydrogen-bond acceptors (Lipinski definition) is 2. The Morgan fingerprint density at radius 1 is 1.53 bits per heavy atom. The number of carboxylic acids is 1. The predicted octanol–water partition coefficient (Wildman–Crippen LogP) is 1.04. The summed E-state index contributed by atoms with van der Waals surface area (Å²) in [6.07, 6.45) is 3.57. The van der Waals surface area contributed by atoms with E-state index in [9.17, 15) is 9.59 Å². The summed E-state index contributed by atoms with van der Waals surface area (Å²) in [6, 6.07) is -0.773. The average molecular weight is 214 g/mol. The SMILES string of the molecule is CCC(C(=O)O)N(C)C(=O)NC1CCC1. The molecule has 86 valence electrons. The Morgan fingerprint density at radius 2 is 2.13 bits per heavy atom. The Balaban J connectivity index is 2.45. The molecule has 2 amide bonds. The summed E-state index contributed by atoms with van der Waals surface area (Å²) in [6.45, 7) is 1.76.